The van der Waals surface area contributed by atoms with Crippen molar-refractivity contribution in [3.63, 3.8) is 0 Å². The minimum atomic E-state index is -0.377. The molecule has 0 spiro atoms. The van der Waals surface area contributed by atoms with Gasteiger partial charge >= 0.3 is 0 Å². The highest BCUT2D eigenvalue weighted by Gasteiger charge is 2.36. The fourth-order valence-corrected chi connectivity index (χ4v) is 3.76. The van der Waals surface area contributed by atoms with E-state index in [2.05, 4.69) is 5.16 Å². The van der Waals surface area contributed by atoms with E-state index in [-0.39, 0.29) is 30.2 Å². The van der Waals surface area contributed by atoms with Gasteiger partial charge in [0.1, 0.15) is 5.69 Å². The maximum absolute atomic E-state index is 13.1. The molecule has 6 heteroatoms. The van der Waals surface area contributed by atoms with Crippen molar-refractivity contribution < 1.29 is 14.1 Å². The van der Waals surface area contributed by atoms with E-state index in [9.17, 15) is 9.59 Å². The Kier molecular flexibility index (Phi) is 3.95. The number of anilines is 1. The van der Waals surface area contributed by atoms with Crippen molar-refractivity contribution >= 4 is 28.5 Å². The van der Waals surface area contributed by atoms with Crippen molar-refractivity contribution in [1.29, 1.82) is 0 Å². The summed E-state index contributed by atoms with van der Waals surface area (Å²) < 4.78 is 5.30. The molecule has 0 fully saturated rings. The summed E-state index contributed by atoms with van der Waals surface area (Å²) in [5.74, 6) is -0.816. The molecule has 4 rings (SSSR count). The van der Waals surface area contributed by atoms with Gasteiger partial charge in [0.15, 0.2) is 5.58 Å². The third-order valence-corrected chi connectivity index (χ3v) is 4.97. The molecule has 26 heavy (non-hydrogen) atoms. The Bertz CT molecular complexity index is 995. The van der Waals surface area contributed by atoms with Crippen LogP contribution in [0, 0.1) is 0 Å². The molecule has 0 aliphatic carbocycles. The molecule has 2 heterocycles. The molecule has 3 aromatic rings. The monoisotopic (exact) mass is 349 g/mol. The first kappa shape index (κ1) is 16.3. The lowest BCUT2D eigenvalue weighted by Gasteiger charge is -2.38. The number of carbonyl (C=O) groups excluding carboxylic acids is 2. The van der Waals surface area contributed by atoms with Gasteiger partial charge < -0.3 is 15.2 Å². The third kappa shape index (κ3) is 2.63. The lowest BCUT2D eigenvalue weighted by atomic mass is 9.85. The van der Waals surface area contributed by atoms with Crippen molar-refractivity contribution in [2.75, 3.05) is 4.90 Å². The first-order chi connectivity index (χ1) is 12.6. The molecule has 0 saturated carbocycles. The molecule has 0 unspecified atom stereocenters. The van der Waals surface area contributed by atoms with E-state index in [0.29, 0.717) is 17.7 Å². The first-order valence-electron chi connectivity index (χ1n) is 8.60. The van der Waals surface area contributed by atoms with Gasteiger partial charge in [-0.3, -0.25) is 9.59 Å². The second-order valence-corrected chi connectivity index (χ2v) is 6.66. The van der Waals surface area contributed by atoms with Gasteiger partial charge in [0.05, 0.1) is 12.3 Å². The van der Waals surface area contributed by atoms with Gasteiger partial charge in [-0.25, -0.2) is 0 Å². The van der Waals surface area contributed by atoms with Crippen LogP contribution >= 0.6 is 0 Å². The number of benzene rings is 2. The van der Waals surface area contributed by atoms with E-state index < -0.39 is 0 Å². The molecule has 0 bridgehead atoms. The topological polar surface area (TPSA) is 89.4 Å². The van der Waals surface area contributed by atoms with Crippen LogP contribution < -0.4 is 10.6 Å². The van der Waals surface area contributed by atoms with Crippen LogP contribution in [0.5, 0.6) is 0 Å². The van der Waals surface area contributed by atoms with E-state index >= 15 is 0 Å². The number of nitrogens with zero attached hydrogens (tertiary/aromatic N) is 2. The number of hydrogen-bond acceptors (Lipinski definition) is 4. The average molecular weight is 349 g/mol. The third-order valence-electron chi connectivity index (χ3n) is 4.97. The van der Waals surface area contributed by atoms with Crippen molar-refractivity contribution in [1.82, 2.24) is 5.16 Å². The quantitative estimate of drug-likeness (QED) is 0.787. The Morgan fingerprint density at radius 2 is 1.92 bits per heavy atom. The summed E-state index contributed by atoms with van der Waals surface area (Å²) in [6.07, 6.45) is 0.647. The van der Waals surface area contributed by atoms with Crippen LogP contribution in [0.25, 0.3) is 11.0 Å². The second kappa shape index (κ2) is 6.29. The Balaban J connectivity index is 1.69. The van der Waals surface area contributed by atoms with E-state index in [4.69, 9.17) is 10.3 Å². The fraction of sp³-hybridized carbons (Fsp3) is 0.250. The van der Waals surface area contributed by atoms with Crippen LogP contribution in [0.15, 0.2) is 53.1 Å². The van der Waals surface area contributed by atoms with E-state index in [1.54, 1.807) is 4.90 Å². The van der Waals surface area contributed by atoms with Crippen LogP contribution in [0.3, 0.4) is 0 Å². The van der Waals surface area contributed by atoms with Crippen LogP contribution in [-0.4, -0.2) is 23.0 Å². The van der Waals surface area contributed by atoms with Gasteiger partial charge in [0, 0.05) is 17.1 Å². The number of primary amides is 1. The Morgan fingerprint density at radius 3 is 2.73 bits per heavy atom. The highest BCUT2D eigenvalue weighted by Crippen LogP contribution is 2.38. The molecule has 0 radical (unpaired) electrons. The Morgan fingerprint density at radius 1 is 1.19 bits per heavy atom. The molecule has 132 valence electrons. The summed E-state index contributed by atoms with van der Waals surface area (Å²) in [6, 6.07) is 14.8. The average Bonchev–Trinajstić information content (AvgIpc) is 3.03. The van der Waals surface area contributed by atoms with Crippen molar-refractivity contribution in [2.45, 2.75) is 31.7 Å². The summed E-state index contributed by atoms with van der Waals surface area (Å²) in [7, 11) is 0. The molecule has 2 amide bonds. The van der Waals surface area contributed by atoms with Gasteiger partial charge in [-0.05, 0) is 37.1 Å². The molecule has 1 aromatic heterocycles. The van der Waals surface area contributed by atoms with Gasteiger partial charge in [-0.1, -0.05) is 35.5 Å². The largest absolute Gasteiger partial charge is 0.369 e. The normalized spacial score (nSPS) is 19.3. The summed E-state index contributed by atoms with van der Waals surface area (Å²) in [4.78, 5) is 26.7. The zero-order valence-corrected chi connectivity index (χ0v) is 14.4. The van der Waals surface area contributed by atoms with Crippen LogP contribution in [-0.2, 0) is 16.0 Å². The molecule has 0 saturated heterocycles. The SMILES string of the molecule is C[C@@H]1C[C@H](C(N)=O)c2ccccc2N1C(=O)Cc1noc2ccccc12. The van der Waals surface area contributed by atoms with Crippen LogP contribution in [0.2, 0.25) is 0 Å². The number of amides is 2. The predicted octanol–water partition coefficient (Wildman–Crippen LogP) is 2.76. The number of nitrogens with two attached hydrogens (primary N) is 1. The zero-order valence-electron chi connectivity index (χ0n) is 14.4. The van der Waals surface area contributed by atoms with E-state index in [0.717, 1.165) is 16.6 Å². The molecule has 2 N–H and O–H groups in total. The lowest BCUT2D eigenvalue weighted by molar-refractivity contribution is -0.121. The summed E-state index contributed by atoms with van der Waals surface area (Å²) in [5.41, 5.74) is 8.40. The highest BCUT2D eigenvalue weighted by atomic mass is 16.5. The van der Waals surface area contributed by atoms with Gasteiger partial charge in [0.2, 0.25) is 11.8 Å². The minimum absolute atomic E-state index is 0.0769. The van der Waals surface area contributed by atoms with E-state index in [1.165, 1.54) is 0 Å². The number of rotatable bonds is 3. The van der Waals surface area contributed by atoms with Crippen LogP contribution in [0.1, 0.15) is 30.5 Å². The maximum Gasteiger partial charge on any atom is 0.233 e. The Hall–Kier alpha value is -3.15. The summed E-state index contributed by atoms with van der Waals surface area (Å²) >= 11 is 0. The molecule has 1 aliphatic rings. The first-order valence-corrected chi connectivity index (χ1v) is 8.60. The second-order valence-electron chi connectivity index (χ2n) is 6.66. The van der Waals surface area contributed by atoms with Crippen LogP contribution in [0.4, 0.5) is 5.69 Å². The molecule has 6 nitrogen and oxygen atoms in total. The smallest absolute Gasteiger partial charge is 0.233 e. The number of hydrogen-bond donors (Lipinski definition) is 1. The van der Waals surface area contributed by atoms with Crippen molar-refractivity contribution in [2.24, 2.45) is 5.73 Å². The number of para-hydroxylation sites is 2. The van der Waals surface area contributed by atoms with Gasteiger partial charge in [-0.2, -0.15) is 0 Å². The zero-order chi connectivity index (χ0) is 18.3. The van der Waals surface area contributed by atoms with Gasteiger partial charge in [-0.15, -0.1) is 0 Å². The fourth-order valence-electron chi connectivity index (χ4n) is 3.76. The van der Waals surface area contributed by atoms with E-state index in [1.807, 2.05) is 55.5 Å². The molecular formula is C20H19N3O3. The van der Waals surface area contributed by atoms with Crippen molar-refractivity contribution in [3.05, 3.63) is 59.8 Å². The summed E-state index contributed by atoms with van der Waals surface area (Å²) in [5, 5.41) is 4.90. The number of fused-ring (bicyclic) bond motifs is 2. The minimum Gasteiger partial charge on any atom is -0.369 e. The number of carbonyl (C=O) groups is 2. The molecule has 2 atom stereocenters. The molecule has 1 aliphatic heterocycles. The highest BCUT2D eigenvalue weighted by molar-refractivity contribution is 5.99. The molecule has 2 aromatic carbocycles. The standard InChI is InChI=1S/C20H19N3O3/c1-12-10-15(20(21)25)13-6-2-4-8-17(13)23(12)19(24)11-16-14-7-3-5-9-18(14)26-22-16/h2-9,12,15H,10-11H2,1H3,(H2,21,25)/t12-,15+/m1/s1. The molecular weight excluding hydrogens is 330 g/mol. The predicted molar refractivity (Wildman–Crippen MR) is 97.7 cm³/mol. The van der Waals surface area contributed by atoms with Crippen molar-refractivity contribution in [3.8, 4) is 0 Å². The maximum atomic E-state index is 13.1. The Labute approximate surface area is 150 Å². The lowest BCUT2D eigenvalue weighted by Crippen LogP contribution is -2.46. The van der Waals surface area contributed by atoms with Gasteiger partial charge in [0.25, 0.3) is 0 Å². The summed E-state index contributed by atoms with van der Waals surface area (Å²) in [6.45, 7) is 1.94. The number of aromatic nitrogens is 1.